The van der Waals surface area contributed by atoms with E-state index < -0.39 is 9.84 Å². The average molecular weight is 480 g/mol. The van der Waals surface area contributed by atoms with Crippen molar-refractivity contribution in [3.8, 4) is 5.75 Å². The molecule has 4 rings (SSSR count). The van der Waals surface area contributed by atoms with E-state index >= 15 is 0 Å². The van der Waals surface area contributed by atoms with Gasteiger partial charge in [0.1, 0.15) is 12.3 Å². The summed E-state index contributed by atoms with van der Waals surface area (Å²) in [5.41, 5.74) is 1.38. The fourth-order valence-electron chi connectivity index (χ4n) is 3.54. The molecule has 0 spiro atoms. The summed E-state index contributed by atoms with van der Waals surface area (Å²) in [6, 6.07) is 14.1. The van der Waals surface area contributed by atoms with Gasteiger partial charge in [0.2, 0.25) is 5.91 Å². The number of amides is 1. The first-order valence-corrected chi connectivity index (χ1v) is 12.9. The summed E-state index contributed by atoms with van der Waals surface area (Å²) in [6.07, 6.45) is 0. The van der Waals surface area contributed by atoms with Gasteiger partial charge in [-0.3, -0.25) is 9.79 Å². The molecule has 2 aliphatic heterocycles. The molecule has 2 aromatic rings. The number of nitrogens with one attached hydrogen (secondary N) is 1. The zero-order valence-electron chi connectivity index (χ0n) is 16.8. The van der Waals surface area contributed by atoms with Crippen LogP contribution in [0.25, 0.3) is 0 Å². The Hall–Kier alpha value is -2.23. The third-order valence-corrected chi connectivity index (χ3v) is 8.39. The van der Waals surface area contributed by atoms with E-state index in [9.17, 15) is 13.2 Å². The molecule has 0 radical (unpaired) electrons. The number of ether oxygens (including phenoxy) is 1. The Bertz CT molecular complexity index is 1110. The number of thioether (sulfide) groups is 1. The van der Waals surface area contributed by atoms with E-state index in [2.05, 4.69) is 10.3 Å². The number of rotatable bonds is 6. The Morgan fingerprint density at radius 3 is 2.71 bits per heavy atom. The van der Waals surface area contributed by atoms with Gasteiger partial charge in [-0.2, -0.15) is 0 Å². The highest BCUT2D eigenvalue weighted by molar-refractivity contribution is 8.15. The van der Waals surface area contributed by atoms with Crippen LogP contribution >= 0.6 is 23.4 Å². The molecule has 1 saturated heterocycles. The number of carbonyl (C=O) groups excluding carboxylic acids is 1. The average Bonchev–Trinajstić information content (AvgIpc) is 3.20. The molecular weight excluding hydrogens is 458 g/mol. The van der Waals surface area contributed by atoms with Crippen molar-refractivity contribution in [2.75, 3.05) is 34.9 Å². The number of carbonyl (C=O) groups is 1. The molecule has 2 aromatic carbocycles. The van der Waals surface area contributed by atoms with Crippen LogP contribution in [0.3, 0.4) is 0 Å². The predicted octanol–water partition coefficient (Wildman–Crippen LogP) is 3.45. The lowest BCUT2D eigenvalue weighted by Gasteiger charge is -2.24. The molecule has 0 aromatic heterocycles. The van der Waals surface area contributed by atoms with Crippen molar-refractivity contribution < 1.29 is 17.9 Å². The second-order valence-corrected chi connectivity index (χ2v) is 11.1. The maximum atomic E-state index is 12.8. The molecule has 1 fully saturated rings. The first-order valence-electron chi connectivity index (χ1n) is 9.83. The van der Waals surface area contributed by atoms with Crippen molar-refractivity contribution in [3.05, 3.63) is 53.6 Å². The predicted molar refractivity (Wildman–Crippen MR) is 126 cm³/mol. The van der Waals surface area contributed by atoms with Crippen molar-refractivity contribution >= 4 is 55.6 Å². The first-order chi connectivity index (χ1) is 14.8. The van der Waals surface area contributed by atoms with Gasteiger partial charge < -0.3 is 15.0 Å². The molecule has 0 aliphatic carbocycles. The molecule has 1 N–H and O–H groups in total. The topological polar surface area (TPSA) is 88.1 Å². The summed E-state index contributed by atoms with van der Waals surface area (Å²) in [6.45, 7) is 2.50. The van der Waals surface area contributed by atoms with E-state index in [0.29, 0.717) is 22.5 Å². The van der Waals surface area contributed by atoms with Gasteiger partial charge in [-0.15, -0.1) is 0 Å². The Balaban J connectivity index is 1.56. The summed E-state index contributed by atoms with van der Waals surface area (Å²) in [4.78, 5) is 19.3. The number of fused-ring (bicyclic) bond motifs is 1. The van der Waals surface area contributed by atoms with Crippen LogP contribution in [-0.4, -0.2) is 55.4 Å². The summed E-state index contributed by atoms with van der Waals surface area (Å²) in [5.74, 6) is 0.670. The van der Waals surface area contributed by atoms with Crippen molar-refractivity contribution in [1.82, 2.24) is 0 Å². The summed E-state index contributed by atoms with van der Waals surface area (Å²) in [7, 11) is -3.05. The lowest BCUT2D eigenvalue weighted by molar-refractivity contribution is -0.114. The monoisotopic (exact) mass is 479 g/mol. The second-order valence-electron chi connectivity index (χ2n) is 7.28. The SMILES string of the molecule is CCOc1ccc(N(CC(=O)Nc2cccc(Cl)c2)C2=N[C@@H]3CS(=O)(=O)C[C@@H]3S2)cc1. The van der Waals surface area contributed by atoms with Crippen LogP contribution in [0.15, 0.2) is 53.5 Å². The van der Waals surface area contributed by atoms with Crippen molar-refractivity contribution in [2.24, 2.45) is 4.99 Å². The van der Waals surface area contributed by atoms with Gasteiger partial charge in [0, 0.05) is 21.6 Å². The lowest BCUT2D eigenvalue weighted by Crippen LogP contribution is -2.36. The number of anilines is 2. The van der Waals surface area contributed by atoms with Crippen LogP contribution < -0.4 is 15.0 Å². The minimum atomic E-state index is -3.05. The van der Waals surface area contributed by atoms with Crippen LogP contribution in [-0.2, 0) is 14.6 Å². The van der Waals surface area contributed by atoms with Gasteiger partial charge in [0.15, 0.2) is 15.0 Å². The van der Waals surface area contributed by atoms with Gasteiger partial charge in [0.25, 0.3) is 0 Å². The molecule has 1 amide bonds. The Morgan fingerprint density at radius 1 is 1.26 bits per heavy atom. The highest BCUT2D eigenvalue weighted by Gasteiger charge is 2.44. The van der Waals surface area contributed by atoms with Gasteiger partial charge >= 0.3 is 0 Å². The second kappa shape index (κ2) is 9.10. The molecule has 0 unspecified atom stereocenters. The van der Waals surface area contributed by atoms with E-state index in [1.54, 1.807) is 24.3 Å². The molecule has 0 saturated carbocycles. The number of sulfone groups is 1. The van der Waals surface area contributed by atoms with E-state index in [4.69, 9.17) is 16.3 Å². The number of hydrogen-bond donors (Lipinski definition) is 1. The molecule has 0 bridgehead atoms. The van der Waals surface area contributed by atoms with Gasteiger partial charge in [-0.05, 0) is 49.4 Å². The van der Waals surface area contributed by atoms with Gasteiger partial charge in [-0.1, -0.05) is 29.4 Å². The molecule has 7 nitrogen and oxygen atoms in total. The number of nitrogens with zero attached hydrogens (tertiary/aromatic N) is 2. The summed E-state index contributed by atoms with van der Waals surface area (Å²) in [5, 5.41) is 3.92. The Labute approximate surface area is 190 Å². The standard InChI is InChI=1S/C21H22ClN3O4S2/c1-2-29-17-8-6-16(7-9-17)25(11-20(26)23-15-5-3-4-14(22)10-15)21-24-18-12-31(27,28)13-19(18)30-21/h3-10,18-19H,2,11-13H2,1H3,(H,23,26)/t18-,19+/m1/s1. The van der Waals surface area contributed by atoms with Crippen LogP contribution in [0.4, 0.5) is 11.4 Å². The fraction of sp³-hybridized carbons (Fsp3) is 0.333. The zero-order valence-corrected chi connectivity index (χ0v) is 19.2. The number of amidine groups is 1. The highest BCUT2D eigenvalue weighted by Crippen LogP contribution is 2.37. The smallest absolute Gasteiger partial charge is 0.244 e. The van der Waals surface area contributed by atoms with Crippen LogP contribution in [0, 0.1) is 0 Å². The van der Waals surface area contributed by atoms with Crippen LogP contribution in [0.1, 0.15) is 6.92 Å². The summed E-state index contributed by atoms with van der Waals surface area (Å²) < 4.78 is 29.3. The molecule has 164 valence electrons. The quantitative estimate of drug-likeness (QED) is 0.682. The molecule has 2 aliphatic rings. The minimum Gasteiger partial charge on any atom is -0.494 e. The number of halogens is 1. The lowest BCUT2D eigenvalue weighted by atomic mass is 10.2. The Morgan fingerprint density at radius 2 is 2.03 bits per heavy atom. The summed E-state index contributed by atoms with van der Waals surface area (Å²) >= 11 is 7.42. The van der Waals surface area contributed by atoms with E-state index in [0.717, 1.165) is 11.4 Å². The maximum Gasteiger partial charge on any atom is 0.244 e. The molecule has 10 heteroatoms. The van der Waals surface area contributed by atoms with E-state index in [1.165, 1.54) is 11.8 Å². The minimum absolute atomic E-state index is 0.0263. The number of benzene rings is 2. The third kappa shape index (κ3) is 5.34. The van der Waals surface area contributed by atoms with E-state index in [1.807, 2.05) is 36.1 Å². The van der Waals surface area contributed by atoms with Crippen LogP contribution in [0.2, 0.25) is 5.02 Å². The molecule has 31 heavy (non-hydrogen) atoms. The normalized spacial score (nSPS) is 21.3. The molecule has 2 heterocycles. The highest BCUT2D eigenvalue weighted by atomic mass is 35.5. The van der Waals surface area contributed by atoms with E-state index in [-0.39, 0.29) is 35.2 Å². The van der Waals surface area contributed by atoms with Gasteiger partial charge in [-0.25, -0.2) is 8.42 Å². The van der Waals surface area contributed by atoms with Gasteiger partial charge in [0.05, 0.1) is 24.2 Å². The number of hydrogen-bond acceptors (Lipinski definition) is 7. The van der Waals surface area contributed by atoms with Crippen molar-refractivity contribution in [1.29, 1.82) is 0 Å². The zero-order chi connectivity index (χ0) is 22.0. The van der Waals surface area contributed by atoms with Crippen molar-refractivity contribution in [2.45, 2.75) is 18.2 Å². The van der Waals surface area contributed by atoms with Crippen molar-refractivity contribution in [3.63, 3.8) is 0 Å². The fourth-order valence-corrected chi connectivity index (χ4v) is 7.51. The molecular formula is C21H22ClN3O4S2. The Kier molecular flexibility index (Phi) is 6.45. The number of aliphatic imine (C=N–C) groups is 1. The van der Waals surface area contributed by atoms with Crippen LogP contribution in [0.5, 0.6) is 5.75 Å². The molecule has 2 atom stereocenters. The third-order valence-electron chi connectivity index (χ3n) is 4.91. The maximum absolute atomic E-state index is 12.8. The largest absolute Gasteiger partial charge is 0.494 e. The first kappa shape index (κ1) is 22.0.